The largest absolute Gasteiger partial charge is 0.493 e. The lowest BCUT2D eigenvalue weighted by atomic mass is 10.1. The molecule has 0 saturated carbocycles. The van der Waals surface area contributed by atoms with Crippen molar-refractivity contribution >= 4 is 27.5 Å². The number of rotatable bonds is 9. The fourth-order valence-electron chi connectivity index (χ4n) is 2.35. The van der Waals surface area contributed by atoms with Gasteiger partial charge in [0.1, 0.15) is 6.61 Å². The Kier molecular flexibility index (Phi) is 8.03. The smallest absolute Gasteiger partial charge is 0.175 e. The van der Waals surface area contributed by atoms with Gasteiger partial charge in [0, 0.05) is 17.6 Å². The van der Waals surface area contributed by atoms with Gasteiger partial charge in [-0.3, -0.25) is 0 Å². The van der Waals surface area contributed by atoms with E-state index >= 15 is 0 Å². The van der Waals surface area contributed by atoms with Crippen LogP contribution >= 0.6 is 27.5 Å². The lowest BCUT2D eigenvalue weighted by Gasteiger charge is -2.17. The SMILES string of the molecule is CC[C@@H](CO)NCc1cc(Br)c(OCc2ccc(Cl)cc2)c(OC)c1. The van der Waals surface area contributed by atoms with Crippen LogP contribution in [0.15, 0.2) is 40.9 Å². The van der Waals surface area contributed by atoms with Crippen LogP contribution in [0.3, 0.4) is 0 Å². The fraction of sp³-hybridized carbons (Fsp3) is 0.368. The average molecular weight is 429 g/mol. The molecule has 0 spiro atoms. The first-order valence-corrected chi connectivity index (χ1v) is 9.32. The Bertz CT molecular complexity index is 675. The molecule has 0 radical (unpaired) electrons. The van der Waals surface area contributed by atoms with Crippen LogP contribution < -0.4 is 14.8 Å². The molecule has 0 unspecified atom stereocenters. The van der Waals surface area contributed by atoms with Crippen LogP contribution in [0, 0.1) is 0 Å². The first-order chi connectivity index (χ1) is 12.1. The summed E-state index contributed by atoms with van der Waals surface area (Å²) in [5.41, 5.74) is 2.08. The molecule has 0 saturated heterocycles. The molecule has 0 aliphatic heterocycles. The lowest BCUT2D eigenvalue weighted by molar-refractivity contribution is 0.238. The Morgan fingerprint density at radius 3 is 2.52 bits per heavy atom. The maximum Gasteiger partial charge on any atom is 0.175 e. The monoisotopic (exact) mass is 427 g/mol. The summed E-state index contributed by atoms with van der Waals surface area (Å²) >= 11 is 9.46. The van der Waals surface area contributed by atoms with E-state index in [2.05, 4.69) is 21.2 Å². The molecule has 2 rings (SSSR count). The van der Waals surface area contributed by atoms with Gasteiger partial charge in [-0.05, 0) is 57.7 Å². The molecule has 2 aromatic carbocycles. The summed E-state index contributed by atoms with van der Waals surface area (Å²) in [5.74, 6) is 1.33. The predicted octanol–water partition coefficient (Wildman–Crippen LogP) is 4.55. The highest BCUT2D eigenvalue weighted by molar-refractivity contribution is 9.10. The van der Waals surface area contributed by atoms with Crippen LogP contribution in [0.2, 0.25) is 5.02 Å². The summed E-state index contributed by atoms with van der Waals surface area (Å²) in [6.45, 7) is 3.23. The van der Waals surface area contributed by atoms with Crippen LogP contribution in [-0.2, 0) is 13.2 Å². The third-order valence-corrected chi connectivity index (χ3v) is 4.73. The number of halogens is 2. The minimum absolute atomic E-state index is 0.0885. The van der Waals surface area contributed by atoms with Gasteiger partial charge in [-0.1, -0.05) is 30.7 Å². The van der Waals surface area contributed by atoms with Gasteiger partial charge in [-0.25, -0.2) is 0 Å². The molecular formula is C19H23BrClNO3. The molecule has 6 heteroatoms. The van der Waals surface area contributed by atoms with Gasteiger partial charge in [0.05, 0.1) is 18.2 Å². The van der Waals surface area contributed by atoms with Crippen molar-refractivity contribution in [1.29, 1.82) is 0 Å². The first-order valence-electron chi connectivity index (χ1n) is 8.15. The van der Waals surface area contributed by atoms with Crippen molar-refractivity contribution in [3.8, 4) is 11.5 Å². The number of hydrogen-bond donors (Lipinski definition) is 2. The number of aliphatic hydroxyl groups is 1. The Balaban J connectivity index is 2.09. The van der Waals surface area contributed by atoms with Crippen LogP contribution in [0.5, 0.6) is 11.5 Å². The number of methoxy groups -OCH3 is 1. The highest BCUT2D eigenvalue weighted by atomic mass is 79.9. The second-order valence-electron chi connectivity index (χ2n) is 5.69. The van der Waals surface area contributed by atoms with E-state index in [4.69, 9.17) is 21.1 Å². The van der Waals surface area contributed by atoms with Crippen molar-refractivity contribution in [2.45, 2.75) is 32.5 Å². The van der Waals surface area contributed by atoms with Crippen LogP contribution in [0.4, 0.5) is 0 Å². The van der Waals surface area contributed by atoms with Crippen LogP contribution in [0.1, 0.15) is 24.5 Å². The number of hydrogen-bond acceptors (Lipinski definition) is 4. The maximum absolute atomic E-state index is 9.27. The Morgan fingerprint density at radius 1 is 1.20 bits per heavy atom. The molecule has 2 N–H and O–H groups in total. The van der Waals surface area contributed by atoms with Crippen LogP contribution in [0.25, 0.3) is 0 Å². The Morgan fingerprint density at radius 2 is 1.92 bits per heavy atom. The number of benzene rings is 2. The number of ether oxygens (including phenoxy) is 2. The maximum atomic E-state index is 9.27. The molecule has 0 aromatic heterocycles. The van der Waals surface area contributed by atoms with E-state index < -0.39 is 0 Å². The fourth-order valence-corrected chi connectivity index (χ4v) is 3.08. The van der Waals surface area contributed by atoms with Crippen molar-refractivity contribution in [3.63, 3.8) is 0 Å². The molecule has 0 bridgehead atoms. The van der Waals surface area contributed by atoms with Crippen LogP contribution in [-0.4, -0.2) is 24.9 Å². The molecule has 0 amide bonds. The van der Waals surface area contributed by atoms with Gasteiger partial charge in [-0.15, -0.1) is 0 Å². The van der Waals surface area contributed by atoms with Gasteiger partial charge < -0.3 is 19.9 Å². The lowest BCUT2D eigenvalue weighted by Crippen LogP contribution is -2.31. The van der Waals surface area contributed by atoms with Gasteiger partial charge in [0.25, 0.3) is 0 Å². The molecule has 1 atom stereocenters. The Hall–Kier alpha value is -1.27. The zero-order valence-electron chi connectivity index (χ0n) is 14.4. The second kappa shape index (κ2) is 10.0. The quantitative estimate of drug-likeness (QED) is 0.615. The van der Waals surface area contributed by atoms with E-state index in [1.54, 1.807) is 7.11 Å². The third kappa shape index (κ3) is 5.89. The molecule has 0 fully saturated rings. The molecular weight excluding hydrogens is 406 g/mol. The molecule has 4 nitrogen and oxygen atoms in total. The highest BCUT2D eigenvalue weighted by Gasteiger charge is 2.13. The highest BCUT2D eigenvalue weighted by Crippen LogP contribution is 2.37. The van der Waals surface area contributed by atoms with Gasteiger partial charge >= 0.3 is 0 Å². The summed E-state index contributed by atoms with van der Waals surface area (Å²) in [5, 5.41) is 13.3. The van der Waals surface area contributed by atoms with E-state index in [0.29, 0.717) is 29.7 Å². The van der Waals surface area contributed by atoms with E-state index in [0.717, 1.165) is 22.0 Å². The van der Waals surface area contributed by atoms with Crippen molar-refractivity contribution in [3.05, 3.63) is 57.0 Å². The average Bonchev–Trinajstić information content (AvgIpc) is 2.62. The standard InChI is InChI=1S/C19H23BrClNO3/c1-3-16(11-23)22-10-14-8-17(20)19(18(9-14)24-2)25-12-13-4-6-15(21)7-5-13/h4-9,16,22-23H,3,10-12H2,1-2H3/t16-/m0/s1. The third-order valence-electron chi connectivity index (χ3n) is 3.89. The number of nitrogens with one attached hydrogen (secondary N) is 1. The Labute approximate surface area is 162 Å². The minimum Gasteiger partial charge on any atom is -0.493 e. The van der Waals surface area contributed by atoms with Crippen molar-refractivity contribution in [2.75, 3.05) is 13.7 Å². The molecule has 136 valence electrons. The van der Waals surface area contributed by atoms with Gasteiger partial charge in [0.2, 0.25) is 0 Å². The molecule has 25 heavy (non-hydrogen) atoms. The van der Waals surface area contributed by atoms with E-state index in [1.807, 2.05) is 43.3 Å². The van der Waals surface area contributed by atoms with Crippen molar-refractivity contribution in [2.24, 2.45) is 0 Å². The predicted molar refractivity (Wildman–Crippen MR) is 104 cm³/mol. The summed E-state index contributed by atoms with van der Waals surface area (Å²) < 4.78 is 12.2. The molecule has 0 aliphatic carbocycles. The normalized spacial score (nSPS) is 12.0. The van der Waals surface area contributed by atoms with Crippen molar-refractivity contribution < 1.29 is 14.6 Å². The molecule has 2 aromatic rings. The zero-order valence-corrected chi connectivity index (χ0v) is 16.7. The summed E-state index contributed by atoms with van der Waals surface area (Å²) in [4.78, 5) is 0. The van der Waals surface area contributed by atoms with E-state index in [9.17, 15) is 5.11 Å². The van der Waals surface area contributed by atoms with Gasteiger partial charge in [-0.2, -0.15) is 0 Å². The summed E-state index contributed by atoms with van der Waals surface area (Å²) in [6, 6.07) is 11.6. The minimum atomic E-state index is 0.0885. The second-order valence-corrected chi connectivity index (χ2v) is 6.98. The molecule has 0 aliphatic rings. The van der Waals surface area contributed by atoms with Crippen molar-refractivity contribution in [1.82, 2.24) is 5.32 Å². The van der Waals surface area contributed by atoms with E-state index in [1.165, 1.54) is 0 Å². The zero-order chi connectivity index (χ0) is 18.2. The summed E-state index contributed by atoms with van der Waals surface area (Å²) in [7, 11) is 1.62. The first kappa shape index (κ1) is 20.0. The number of aliphatic hydroxyl groups excluding tert-OH is 1. The van der Waals surface area contributed by atoms with Gasteiger partial charge in [0.15, 0.2) is 11.5 Å². The molecule has 0 heterocycles. The topological polar surface area (TPSA) is 50.7 Å². The van der Waals surface area contributed by atoms with E-state index in [-0.39, 0.29) is 12.6 Å². The summed E-state index contributed by atoms with van der Waals surface area (Å²) in [6.07, 6.45) is 0.872.